The molecule has 1 heterocycles. The van der Waals surface area contributed by atoms with Crippen LogP contribution in [0.1, 0.15) is 22.3 Å². The molecule has 22 heavy (non-hydrogen) atoms. The number of carbonyl (C=O) groups excluding carboxylic acids is 1. The second-order valence-corrected chi connectivity index (χ2v) is 5.27. The van der Waals surface area contributed by atoms with Crippen molar-refractivity contribution in [2.45, 2.75) is 19.5 Å². The Bertz CT molecular complexity index is 629. The first-order valence-corrected chi connectivity index (χ1v) is 6.44. The Labute approximate surface area is 123 Å². The molecule has 1 amide bonds. The number of hydrogen-bond donors (Lipinski definition) is 1. The Morgan fingerprint density at radius 3 is 2.45 bits per heavy atom. The first-order chi connectivity index (χ1) is 10.1. The second-order valence-electron chi connectivity index (χ2n) is 5.27. The van der Waals surface area contributed by atoms with Gasteiger partial charge < -0.3 is 10.0 Å². The monoisotopic (exact) mass is 319 g/mol. The van der Waals surface area contributed by atoms with Gasteiger partial charge in [-0.15, -0.1) is 0 Å². The van der Waals surface area contributed by atoms with Crippen molar-refractivity contribution in [2.75, 3.05) is 13.1 Å². The average Bonchev–Trinajstić information content (AvgIpc) is 2.87. The molecule has 1 aliphatic heterocycles. The summed E-state index contributed by atoms with van der Waals surface area (Å²) in [5, 5.41) is 8.95. The minimum absolute atomic E-state index is 0.0207. The van der Waals surface area contributed by atoms with Gasteiger partial charge in [0.05, 0.1) is 0 Å². The minimum Gasteiger partial charge on any atom is -0.481 e. The Morgan fingerprint density at radius 2 is 1.95 bits per heavy atom. The summed E-state index contributed by atoms with van der Waals surface area (Å²) < 4.78 is 52.7. The zero-order chi connectivity index (χ0) is 16.7. The van der Waals surface area contributed by atoms with E-state index in [9.17, 15) is 27.2 Å². The van der Waals surface area contributed by atoms with Gasteiger partial charge in [0.1, 0.15) is 5.82 Å². The van der Waals surface area contributed by atoms with Crippen LogP contribution in [-0.2, 0) is 4.79 Å². The van der Waals surface area contributed by atoms with Crippen molar-refractivity contribution in [3.05, 3.63) is 35.1 Å². The van der Waals surface area contributed by atoms with Gasteiger partial charge in [-0.1, -0.05) is 6.07 Å². The lowest BCUT2D eigenvalue weighted by Gasteiger charge is -2.27. The molecular formula is C14H13F4NO3. The smallest absolute Gasteiger partial charge is 0.406 e. The third kappa shape index (κ3) is 2.42. The summed E-state index contributed by atoms with van der Waals surface area (Å²) in [6.45, 7) is 0.0219. The van der Waals surface area contributed by atoms with Crippen molar-refractivity contribution < 1.29 is 32.3 Å². The van der Waals surface area contributed by atoms with Crippen LogP contribution >= 0.6 is 0 Å². The van der Waals surface area contributed by atoms with E-state index in [0.29, 0.717) is 0 Å². The van der Waals surface area contributed by atoms with E-state index in [0.717, 1.165) is 11.0 Å². The van der Waals surface area contributed by atoms with Gasteiger partial charge in [-0.25, -0.2) is 4.39 Å². The highest BCUT2D eigenvalue weighted by atomic mass is 19.4. The number of rotatable bonds is 2. The van der Waals surface area contributed by atoms with Crippen LogP contribution in [0.2, 0.25) is 0 Å². The molecule has 0 spiro atoms. The van der Waals surface area contributed by atoms with Gasteiger partial charge in [-0.2, -0.15) is 13.2 Å². The van der Waals surface area contributed by atoms with Crippen LogP contribution in [0.3, 0.4) is 0 Å². The number of hydrogen-bond acceptors (Lipinski definition) is 2. The average molecular weight is 319 g/mol. The topological polar surface area (TPSA) is 57.6 Å². The fraction of sp³-hybridized carbons (Fsp3) is 0.429. The summed E-state index contributed by atoms with van der Waals surface area (Å²) in [6.07, 6.45) is -5.68. The molecule has 8 heteroatoms. The van der Waals surface area contributed by atoms with Crippen molar-refractivity contribution in [1.82, 2.24) is 4.90 Å². The van der Waals surface area contributed by atoms with E-state index in [1.807, 2.05) is 0 Å². The minimum atomic E-state index is -4.97. The lowest BCUT2D eigenvalue weighted by atomic mass is 9.86. The van der Waals surface area contributed by atoms with Crippen LogP contribution in [0.25, 0.3) is 0 Å². The third-order valence-electron chi connectivity index (χ3n) is 4.01. The number of alkyl halides is 3. The molecule has 1 atom stereocenters. The SMILES string of the molecule is Cc1c(F)cccc1C(=O)N1CCC(C(=O)O)(C(F)(F)F)C1. The number of nitrogens with zero attached hydrogens (tertiary/aromatic N) is 1. The maximum absolute atomic E-state index is 13.5. The van der Waals surface area contributed by atoms with Crippen LogP contribution in [0.4, 0.5) is 17.6 Å². The second kappa shape index (κ2) is 5.26. The zero-order valence-electron chi connectivity index (χ0n) is 11.6. The van der Waals surface area contributed by atoms with E-state index < -0.39 is 42.3 Å². The van der Waals surface area contributed by atoms with Crippen molar-refractivity contribution in [3.63, 3.8) is 0 Å². The van der Waals surface area contributed by atoms with E-state index in [-0.39, 0.29) is 17.7 Å². The highest BCUT2D eigenvalue weighted by Gasteiger charge is 2.64. The molecule has 1 aromatic rings. The molecule has 1 unspecified atom stereocenters. The Balaban J connectivity index is 2.31. The first-order valence-electron chi connectivity index (χ1n) is 6.44. The Kier molecular flexibility index (Phi) is 3.88. The lowest BCUT2D eigenvalue weighted by molar-refractivity contribution is -0.227. The van der Waals surface area contributed by atoms with Gasteiger partial charge >= 0.3 is 12.1 Å². The van der Waals surface area contributed by atoms with Crippen LogP contribution in [0, 0.1) is 18.2 Å². The summed E-state index contributed by atoms with van der Waals surface area (Å²) in [6, 6.07) is 3.71. The van der Waals surface area contributed by atoms with E-state index in [1.165, 1.54) is 19.1 Å². The number of halogens is 4. The molecule has 0 bridgehead atoms. The molecule has 1 aliphatic rings. The third-order valence-corrected chi connectivity index (χ3v) is 4.01. The van der Waals surface area contributed by atoms with Crippen LogP contribution in [0.15, 0.2) is 18.2 Å². The number of carboxylic acid groups (broad SMARTS) is 1. The van der Waals surface area contributed by atoms with Gasteiger partial charge in [-0.3, -0.25) is 9.59 Å². The zero-order valence-corrected chi connectivity index (χ0v) is 11.6. The fourth-order valence-electron chi connectivity index (χ4n) is 2.52. The van der Waals surface area contributed by atoms with E-state index >= 15 is 0 Å². The fourth-order valence-corrected chi connectivity index (χ4v) is 2.52. The quantitative estimate of drug-likeness (QED) is 0.853. The number of amides is 1. The molecule has 0 aliphatic carbocycles. The van der Waals surface area contributed by atoms with E-state index in [4.69, 9.17) is 5.11 Å². The molecule has 1 fully saturated rings. The van der Waals surface area contributed by atoms with Crippen LogP contribution in [0.5, 0.6) is 0 Å². The Morgan fingerprint density at radius 1 is 1.32 bits per heavy atom. The molecule has 4 nitrogen and oxygen atoms in total. The largest absolute Gasteiger partial charge is 0.481 e. The summed E-state index contributed by atoms with van der Waals surface area (Å²) in [7, 11) is 0. The van der Waals surface area contributed by atoms with Crippen molar-refractivity contribution >= 4 is 11.9 Å². The highest BCUT2D eigenvalue weighted by Crippen LogP contribution is 2.46. The molecule has 0 aromatic heterocycles. The lowest BCUT2D eigenvalue weighted by Crippen LogP contribution is -2.47. The predicted molar refractivity (Wildman–Crippen MR) is 67.8 cm³/mol. The molecule has 2 rings (SSSR count). The molecule has 1 aromatic carbocycles. The number of carbonyl (C=O) groups is 2. The number of likely N-dealkylation sites (tertiary alicyclic amines) is 1. The number of aliphatic carboxylic acids is 1. The summed E-state index contributed by atoms with van der Waals surface area (Å²) >= 11 is 0. The van der Waals surface area contributed by atoms with E-state index in [2.05, 4.69) is 0 Å². The molecule has 0 saturated carbocycles. The first kappa shape index (κ1) is 16.3. The van der Waals surface area contributed by atoms with Crippen molar-refractivity contribution in [3.8, 4) is 0 Å². The van der Waals surface area contributed by atoms with Gasteiger partial charge in [0.2, 0.25) is 0 Å². The van der Waals surface area contributed by atoms with Crippen molar-refractivity contribution in [2.24, 2.45) is 5.41 Å². The van der Waals surface area contributed by atoms with Gasteiger partial charge in [0.15, 0.2) is 5.41 Å². The summed E-state index contributed by atoms with van der Waals surface area (Å²) in [4.78, 5) is 24.1. The van der Waals surface area contributed by atoms with Gasteiger partial charge in [-0.05, 0) is 31.0 Å². The standard InChI is InChI=1S/C14H13F4NO3/c1-8-9(3-2-4-10(8)15)11(20)19-6-5-13(7-19,12(21)22)14(16,17)18/h2-4H,5-7H2,1H3,(H,21,22). The maximum Gasteiger partial charge on any atom is 0.406 e. The van der Waals surface area contributed by atoms with Crippen LogP contribution < -0.4 is 0 Å². The predicted octanol–water partition coefficient (Wildman–Crippen LogP) is 2.61. The Hall–Kier alpha value is -2.12. The summed E-state index contributed by atoms with van der Waals surface area (Å²) in [5.41, 5.74) is -3.01. The molecular weight excluding hydrogens is 306 g/mol. The molecule has 1 N–H and O–H groups in total. The summed E-state index contributed by atoms with van der Waals surface area (Å²) in [5.74, 6) is -3.46. The van der Waals surface area contributed by atoms with Crippen molar-refractivity contribution in [1.29, 1.82) is 0 Å². The number of carboxylic acids is 1. The normalized spacial score (nSPS) is 22.0. The molecule has 1 saturated heterocycles. The number of benzene rings is 1. The maximum atomic E-state index is 13.5. The van der Waals surface area contributed by atoms with Gasteiger partial charge in [0, 0.05) is 18.7 Å². The van der Waals surface area contributed by atoms with Crippen LogP contribution in [-0.4, -0.2) is 41.1 Å². The molecule has 0 radical (unpaired) electrons. The van der Waals surface area contributed by atoms with Gasteiger partial charge in [0.25, 0.3) is 5.91 Å². The van der Waals surface area contributed by atoms with E-state index in [1.54, 1.807) is 0 Å². The molecule has 120 valence electrons. The highest BCUT2D eigenvalue weighted by molar-refractivity contribution is 5.96.